The highest BCUT2D eigenvalue weighted by Gasteiger charge is 2.10. The van der Waals surface area contributed by atoms with Crippen molar-refractivity contribution in [3.63, 3.8) is 0 Å². The summed E-state index contributed by atoms with van der Waals surface area (Å²) in [5, 5.41) is 1.19. The molecular formula is C14H18N2S. The maximum atomic E-state index is 5.95. The third-order valence-electron chi connectivity index (χ3n) is 2.38. The van der Waals surface area contributed by atoms with E-state index in [1.165, 1.54) is 5.39 Å². The van der Waals surface area contributed by atoms with Gasteiger partial charge in [-0.05, 0) is 26.0 Å². The number of fused-ring (bicyclic) bond motifs is 1. The van der Waals surface area contributed by atoms with Crippen LogP contribution >= 0.6 is 11.8 Å². The van der Waals surface area contributed by atoms with Gasteiger partial charge in [-0.25, -0.2) is 0 Å². The SMILES string of the molecule is CC(C)(N)CSCc1ccc2ccccc2n1. The molecule has 0 atom stereocenters. The molecule has 1 aromatic carbocycles. The lowest BCUT2D eigenvalue weighted by molar-refractivity contribution is 0.591. The molecule has 90 valence electrons. The van der Waals surface area contributed by atoms with Crippen LogP contribution in [-0.2, 0) is 5.75 Å². The van der Waals surface area contributed by atoms with Crippen molar-refractivity contribution in [3.05, 3.63) is 42.1 Å². The number of benzene rings is 1. The number of hydrogen-bond donors (Lipinski definition) is 1. The number of nitrogens with zero attached hydrogens (tertiary/aromatic N) is 1. The highest BCUT2D eigenvalue weighted by molar-refractivity contribution is 7.98. The van der Waals surface area contributed by atoms with Crippen molar-refractivity contribution >= 4 is 22.7 Å². The first-order valence-electron chi connectivity index (χ1n) is 5.76. The second-order valence-corrected chi connectivity index (χ2v) is 5.96. The van der Waals surface area contributed by atoms with Crippen molar-refractivity contribution in [2.45, 2.75) is 25.1 Å². The molecule has 1 heterocycles. The van der Waals surface area contributed by atoms with Crippen LogP contribution in [0.1, 0.15) is 19.5 Å². The molecule has 0 aliphatic heterocycles. The van der Waals surface area contributed by atoms with Gasteiger partial charge in [0.1, 0.15) is 0 Å². The fraction of sp³-hybridized carbons (Fsp3) is 0.357. The van der Waals surface area contributed by atoms with Gasteiger partial charge in [-0.15, -0.1) is 0 Å². The van der Waals surface area contributed by atoms with E-state index in [0.29, 0.717) is 0 Å². The van der Waals surface area contributed by atoms with Gasteiger partial charge in [-0.3, -0.25) is 4.98 Å². The maximum Gasteiger partial charge on any atom is 0.0705 e. The minimum Gasteiger partial charge on any atom is -0.325 e. The van der Waals surface area contributed by atoms with Gasteiger partial charge in [0, 0.05) is 22.4 Å². The molecule has 0 spiro atoms. The van der Waals surface area contributed by atoms with Gasteiger partial charge >= 0.3 is 0 Å². The molecule has 0 amide bonds. The van der Waals surface area contributed by atoms with Crippen LogP contribution in [0.4, 0.5) is 0 Å². The van der Waals surface area contributed by atoms with Crippen LogP contribution in [0.3, 0.4) is 0 Å². The van der Waals surface area contributed by atoms with Crippen LogP contribution in [0.15, 0.2) is 36.4 Å². The summed E-state index contributed by atoms with van der Waals surface area (Å²) in [5.41, 5.74) is 8.03. The molecule has 2 N–H and O–H groups in total. The van der Waals surface area contributed by atoms with Gasteiger partial charge in [0.05, 0.1) is 11.2 Å². The fourth-order valence-electron chi connectivity index (χ4n) is 1.61. The van der Waals surface area contributed by atoms with E-state index in [-0.39, 0.29) is 5.54 Å². The molecule has 1 aromatic heterocycles. The lowest BCUT2D eigenvalue weighted by atomic mass is 10.1. The maximum absolute atomic E-state index is 5.95. The van der Waals surface area contributed by atoms with Crippen molar-refractivity contribution < 1.29 is 0 Å². The summed E-state index contributed by atoms with van der Waals surface area (Å²) < 4.78 is 0. The summed E-state index contributed by atoms with van der Waals surface area (Å²) in [6, 6.07) is 12.4. The minimum absolute atomic E-state index is 0.110. The Hall–Kier alpha value is -1.06. The van der Waals surface area contributed by atoms with Crippen molar-refractivity contribution in [1.82, 2.24) is 4.98 Å². The summed E-state index contributed by atoms with van der Waals surface area (Å²) in [6.45, 7) is 4.10. The zero-order chi connectivity index (χ0) is 12.3. The number of rotatable bonds is 4. The lowest BCUT2D eigenvalue weighted by Crippen LogP contribution is -2.34. The zero-order valence-electron chi connectivity index (χ0n) is 10.3. The van der Waals surface area contributed by atoms with Crippen LogP contribution in [0, 0.1) is 0 Å². The molecule has 2 aromatic rings. The molecule has 2 rings (SSSR count). The predicted octanol–water partition coefficient (Wildman–Crippen LogP) is 3.21. The first-order chi connectivity index (χ1) is 8.04. The number of pyridine rings is 1. The quantitative estimate of drug-likeness (QED) is 0.900. The lowest BCUT2D eigenvalue weighted by Gasteiger charge is -2.17. The summed E-state index contributed by atoms with van der Waals surface area (Å²) in [5.74, 6) is 1.87. The number of nitrogens with two attached hydrogens (primary N) is 1. The Morgan fingerprint density at radius 2 is 1.94 bits per heavy atom. The normalized spacial score (nSPS) is 11.9. The molecule has 0 radical (unpaired) electrons. The fourth-order valence-corrected chi connectivity index (χ4v) is 2.61. The van der Waals surface area contributed by atoms with Crippen molar-refractivity contribution in [2.24, 2.45) is 5.73 Å². The Morgan fingerprint density at radius 1 is 1.18 bits per heavy atom. The average molecular weight is 246 g/mol. The van der Waals surface area contributed by atoms with E-state index in [4.69, 9.17) is 5.73 Å². The van der Waals surface area contributed by atoms with Crippen LogP contribution in [0.25, 0.3) is 10.9 Å². The second-order valence-electron chi connectivity index (χ2n) is 4.98. The molecule has 0 bridgehead atoms. The first-order valence-corrected chi connectivity index (χ1v) is 6.91. The van der Waals surface area contributed by atoms with Crippen LogP contribution in [0.5, 0.6) is 0 Å². The third-order valence-corrected chi connectivity index (χ3v) is 3.83. The van der Waals surface area contributed by atoms with E-state index < -0.39 is 0 Å². The summed E-state index contributed by atoms with van der Waals surface area (Å²) in [7, 11) is 0. The number of hydrogen-bond acceptors (Lipinski definition) is 3. The summed E-state index contributed by atoms with van der Waals surface area (Å²) >= 11 is 1.83. The topological polar surface area (TPSA) is 38.9 Å². The Morgan fingerprint density at radius 3 is 2.71 bits per heavy atom. The van der Waals surface area contributed by atoms with Gasteiger partial charge in [-0.2, -0.15) is 11.8 Å². The number of para-hydroxylation sites is 1. The first kappa shape index (κ1) is 12.4. The predicted molar refractivity (Wildman–Crippen MR) is 76.2 cm³/mol. The van der Waals surface area contributed by atoms with Gasteiger partial charge < -0.3 is 5.73 Å². The molecule has 0 unspecified atom stereocenters. The van der Waals surface area contributed by atoms with Crippen LogP contribution in [0.2, 0.25) is 0 Å². The van der Waals surface area contributed by atoms with E-state index in [1.807, 2.05) is 37.7 Å². The second kappa shape index (κ2) is 5.07. The van der Waals surface area contributed by atoms with Gasteiger partial charge in [0.2, 0.25) is 0 Å². The molecule has 17 heavy (non-hydrogen) atoms. The van der Waals surface area contributed by atoms with E-state index in [9.17, 15) is 0 Å². The molecule has 3 heteroatoms. The van der Waals surface area contributed by atoms with Gasteiger partial charge in [0.15, 0.2) is 0 Å². The number of aromatic nitrogens is 1. The monoisotopic (exact) mass is 246 g/mol. The largest absolute Gasteiger partial charge is 0.325 e. The summed E-state index contributed by atoms with van der Waals surface area (Å²) in [4.78, 5) is 4.63. The minimum atomic E-state index is -0.110. The van der Waals surface area contributed by atoms with Gasteiger partial charge in [-0.1, -0.05) is 24.3 Å². The Bertz CT molecular complexity index is 503. The molecular weight excluding hydrogens is 228 g/mol. The molecule has 0 saturated heterocycles. The Balaban J connectivity index is 2.04. The molecule has 0 aliphatic carbocycles. The summed E-state index contributed by atoms with van der Waals surface area (Å²) in [6.07, 6.45) is 0. The third kappa shape index (κ3) is 3.72. The average Bonchev–Trinajstić information content (AvgIpc) is 2.27. The molecule has 0 saturated carbocycles. The zero-order valence-corrected chi connectivity index (χ0v) is 11.1. The Kier molecular flexibility index (Phi) is 3.69. The van der Waals surface area contributed by atoms with E-state index in [0.717, 1.165) is 22.7 Å². The Labute approximate surface area is 107 Å². The van der Waals surface area contributed by atoms with Crippen LogP contribution in [-0.4, -0.2) is 16.3 Å². The van der Waals surface area contributed by atoms with Gasteiger partial charge in [0.25, 0.3) is 0 Å². The van der Waals surface area contributed by atoms with E-state index in [2.05, 4.69) is 29.2 Å². The van der Waals surface area contributed by atoms with Crippen LogP contribution < -0.4 is 5.73 Å². The van der Waals surface area contributed by atoms with Crippen molar-refractivity contribution in [3.8, 4) is 0 Å². The number of thioether (sulfide) groups is 1. The van der Waals surface area contributed by atoms with E-state index >= 15 is 0 Å². The van der Waals surface area contributed by atoms with E-state index in [1.54, 1.807) is 0 Å². The molecule has 0 aliphatic rings. The molecule has 2 nitrogen and oxygen atoms in total. The smallest absolute Gasteiger partial charge is 0.0705 e. The van der Waals surface area contributed by atoms with Crippen molar-refractivity contribution in [1.29, 1.82) is 0 Å². The molecule has 0 fully saturated rings. The highest BCUT2D eigenvalue weighted by atomic mass is 32.2. The standard InChI is InChI=1S/C14H18N2S/c1-14(2,15)10-17-9-12-8-7-11-5-3-4-6-13(11)16-12/h3-8H,9-10,15H2,1-2H3. The highest BCUT2D eigenvalue weighted by Crippen LogP contribution is 2.18. The van der Waals surface area contributed by atoms with Crippen molar-refractivity contribution in [2.75, 3.05) is 5.75 Å².